The molecule has 1 aromatic heterocycles. The number of nitrogens with two attached hydrogens (primary N) is 1. The lowest BCUT2D eigenvalue weighted by molar-refractivity contribution is 0.325. The molecule has 1 rings (SSSR count). The van der Waals surface area contributed by atoms with Crippen LogP contribution in [0.3, 0.4) is 0 Å². The Morgan fingerprint density at radius 2 is 2.09 bits per heavy atom. The van der Waals surface area contributed by atoms with E-state index in [1.807, 2.05) is 6.07 Å². The summed E-state index contributed by atoms with van der Waals surface area (Å²) in [6.07, 6.45) is 3.36. The smallest absolute Gasteiger partial charge is 0.0950 e. The predicted molar refractivity (Wildman–Crippen MR) is 45.1 cm³/mol. The lowest BCUT2D eigenvalue weighted by Crippen LogP contribution is -2.25. The third-order valence-electron chi connectivity index (χ3n) is 1.84. The molecule has 0 fully saturated rings. The van der Waals surface area contributed by atoms with Gasteiger partial charge in [0.2, 0.25) is 0 Å². The van der Waals surface area contributed by atoms with Crippen LogP contribution >= 0.6 is 0 Å². The Balaban J connectivity index is 2.78. The molecule has 0 saturated carbocycles. The minimum absolute atomic E-state index is 0.0567. The average Bonchev–Trinajstić information content (AvgIpc) is 2.34. The molecule has 0 aromatic carbocycles. The van der Waals surface area contributed by atoms with E-state index in [0.29, 0.717) is 0 Å². The Morgan fingerprint density at radius 3 is 2.45 bits per heavy atom. The summed E-state index contributed by atoms with van der Waals surface area (Å²) in [7, 11) is 0. The van der Waals surface area contributed by atoms with Gasteiger partial charge in [0.1, 0.15) is 0 Å². The van der Waals surface area contributed by atoms with Crippen LogP contribution < -0.4 is 5.73 Å². The second-order valence-electron chi connectivity index (χ2n) is 3.90. The molecule has 0 bridgehead atoms. The van der Waals surface area contributed by atoms with Crippen LogP contribution in [0.1, 0.15) is 32.4 Å². The fourth-order valence-corrected chi connectivity index (χ4v) is 0.952. The third-order valence-corrected chi connectivity index (χ3v) is 1.84. The maximum atomic E-state index is 5.96. The van der Waals surface area contributed by atoms with Gasteiger partial charge in [-0.2, -0.15) is 0 Å². The number of furan rings is 1. The summed E-state index contributed by atoms with van der Waals surface area (Å²) < 4.78 is 4.95. The molecule has 0 spiro atoms. The van der Waals surface area contributed by atoms with Crippen LogP contribution in [-0.2, 0) is 0 Å². The first kappa shape index (κ1) is 8.34. The van der Waals surface area contributed by atoms with Crippen molar-refractivity contribution in [3.8, 4) is 0 Å². The van der Waals surface area contributed by atoms with E-state index in [9.17, 15) is 0 Å². The van der Waals surface area contributed by atoms with E-state index in [0.717, 1.165) is 5.56 Å². The first-order chi connectivity index (χ1) is 5.02. The zero-order chi connectivity index (χ0) is 8.48. The van der Waals surface area contributed by atoms with E-state index in [1.54, 1.807) is 12.5 Å². The lowest BCUT2D eigenvalue weighted by Gasteiger charge is -2.25. The molecule has 2 heteroatoms. The quantitative estimate of drug-likeness (QED) is 0.672. The molecule has 1 unspecified atom stereocenters. The Morgan fingerprint density at radius 1 is 1.45 bits per heavy atom. The van der Waals surface area contributed by atoms with Crippen molar-refractivity contribution in [3.63, 3.8) is 0 Å². The Bertz CT molecular complexity index is 208. The highest BCUT2D eigenvalue weighted by Gasteiger charge is 2.22. The third kappa shape index (κ3) is 1.84. The molecule has 0 radical (unpaired) electrons. The van der Waals surface area contributed by atoms with Crippen LogP contribution in [-0.4, -0.2) is 0 Å². The highest BCUT2D eigenvalue weighted by molar-refractivity contribution is 5.13. The lowest BCUT2D eigenvalue weighted by atomic mass is 9.84. The van der Waals surface area contributed by atoms with Crippen molar-refractivity contribution in [2.24, 2.45) is 11.1 Å². The van der Waals surface area contributed by atoms with Gasteiger partial charge in [-0.15, -0.1) is 0 Å². The molecule has 62 valence electrons. The van der Waals surface area contributed by atoms with E-state index < -0.39 is 0 Å². The van der Waals surface area contributed by atoms with Crippen LogP contribution in [0.2, 0.25) is 0 Å². The molecule has 0 aliphatic heterocycles. The highest BCUT2D eigenvalue weighted by Crippen LogP contribution is 2.30. The van der Waals surface area contributed by atoms with Gasteiger partial charge in [-0.25, -0.2) is 0 Å². The topological polar surface area (TPSA) is 39.2 Å². The Kier molecular flexibility index (Phi) is 2.05. The minimum atomic E-state index is 0.0567. The van der Waals surface area contributed by atoms with Gasteiger partial charge in [-0.3, -0.25) is 0 Å². The van der Waals surface area contributed by atoms with Crippen molar-refractivity contribution in [2.75, 3.05) is 0 Å². The molecular weight excluding hydrogens is 138 g/mol. The number of hydrogen-bond donors (Lipinski definition) is 1. The van der Waals surface area contributed by atoms with Gasteiger partial charge in [-0.05, 0) is 11.5 Å². The molecule has 2 N–H and O–H groups in total. The largest absolute Gasteiger partial charge is 0.472 e. The summed E-state index contributed by atoms with van der Waals surface area (Å²) in [4.78, 5) is 0. The summed E-state index contributed by atoms with van der Waals surface area (Å²) in [5, 5.41) is 0. The molecule has 1 atom stereocenters. The summed E-state index contributed by atoms with van der Waals surface area (Å²) in [5.41, 5.74) is 7.12. The van der Waals surface area contributed by atoms with Crippen LogP contribution in [0, 0.1) is 5.41 Å². The van der Waals surface area contributed by atoms with Crippen molar-refractivity contribution in [3.05, 3.63) is 24.2 Å². The molecule has 1 heterocycles. The first-order valence-corrected chi connectivity index (χ1v) is 3.79. The Hall–Kier alpha value is -0.760. The SMILES string of the molecule is CC(C)(C)C(N)c1ccoc1. The summed E-state index contributed by atoms with van der Waals surface area (Å²) >= 11 is 0. The zero-order valence-electron chi connectivity index (χ0n) is 7.29. The molecular formula is C9H15NO. The maximum absolute atomic E-state index is 5.96. The molecule has 2 nitrogen and oxygen atoms in total. The fraction of sp³-hybridized carbons (Fsp3) is 0.556. The maximum Gasteiger partial charge on any atom is 0.0950 e. The second kappa shape index (κ2) is 2.70. The van der Waals surface area contributed by atoms with Crippen LogP contribution in [0.5, 0.6) is 0 Å². The zero-order valence-corrected chi connectivity index (χ0v) is 7.29. The molecule has 0 amide bonds. The van der Waals surface area contributed by atoms with Gasteiger partial charge < -0.3 is 10.2 Å². The van der Waals surface area contributed by atoms with Crippen LogP contribution in [0.25, 0.3) is 0 Å². The van der Waals surface area contributed by atoms with Gasteiger partial charge in [0.25, 0.3) is 0 Å². The van der Waals surface area contributed by atoms with Gasteiger partial charge in [0.05, 0.1) is 12.5 Å². The summed E-state index contributed by atoms with van der Waals surface area (Å²) in [5.74, 6) is 0. The van der Waals surface area contributed by atoms with E-state index in [-0.39, 0.29) is 11.5 Å². The number of rotatable bonds is 1. The molecule has 0 aliphatic rings. The van der Waals surface area contributed by atoms with Crippen LogP contribution in [0.4, 0.5) is 0 Å². The van der Waals surface area contributed by atoms with E-state index in [1.165, 1.54) is 0 Å². The molecule has 11 heavy (non-hydrogen) atoms. The highest BCUT2D eigenvalue weighted by atomic mass is 16.3. The van der Waals surface area contributed by atoms with Crippen molar-refractivity contribution in [1.29, 1.82) is 0 Å². The Labute approximate surface area is 67.4 Å². The van der Waals surface area contributed by atoms with Gasteiger partial charge in [-0.1, -0.05) is 20.8 Å². The van der Waals surface area contributed by atoms with Gasteiger partial charge in [0.15, 0.2) is 0 Å². The number of hydrogen-bond acceptors (Lipinski definition) is 2. The van der Waals surface area contributed by atoms with E-state index >= 15 is 0 Å². The second-order valence-corrected chi connectivity index (χ2v) is 3.90. The van der Waals surface area contributed by atoms with Gasteiger partial charge >= 0.3 is 0 Å². The fourth-order valence-electron chi connectivity index (χ4n) is 0.952. The molecule has 0 saturated heterocycles. The van der Waals surface area contributed by atoms with E-state index in [4.69, 9.17) is 10.2 Å². The van der Waals surface area contributed by atoms with Crippen molar-refractivity contribution < 1.29 is 4.42 Å². The monoisotopic (exact) mass is 153 g/mol. The normalized spacial score (nSPS) is 14.9. The van der Waals surface area contributed by atoms with Crippen LogP contribution in [0.15, 0.2) is 23.0 Å². The minimum Gasteiger partial charge on any atom is -0.472 e. The van der Waals surface area contributed by atoms with Crippen molar-refractivity contribution >= 4 is 0 Å². The standard InChI is InChI=1S/C9H15NO/c1-9(2,3)8(10)7-4-5-11-6-7/h4-6,8H,10H2,1-3H3. The van der Waals surface area contributed by atoms with Crippen molar-refractivity contribution in [1.82, 2.24) is 0 Å². The van der Waals surface area contributed by atoms with Crippen molar-refractivity contribution in [2.45, 2.75) is 26.8 Å². The van der Waals surface area contributed by atoms with E-state index in [2.05, 4.69) is 20.8 Å². The first-order valence-electron chi connectivity index (χ1n) is 3.79. The van der Waals surface area contributed by atoms with Gasteiger partial charge in [0, 0.05) is 11.6 Å². The molecule has 0 aliphatic carbocycles. The average molecular weight is 153 g/mol. The summed E-state index contributed by atoms with van der Waals surface area (Å²) in [6.45, 7) is 6.35. The molecule has 1 aromatic rings. The predicted octanol–water partition coefficient (Wildman–Crippen LogP) is 2.33. The summed E-state index contributed by atoms with van der Waals surface area (Å²) in [6, 6.07) is 1.97.